The first kappa shape index (κ1) is 18.2. The fourth-order valence-corrected chi connectivity index (χ4v) is 2.13. The van der Waals surface area contributed by atoms with Gasteiger partial charge in [0, 0.05) is 12.1 Å². The molecule has 0 heterocycles. The van der Waals surface area contributed by atoms with E-state index in [1.807, 2.05) is 44.2 Å². The number of rotatable bonds is 7. The van der Waals surface area contributed by atoms with Crippen molar-refractivity contribution >= 4 is 11.9 Å². The highest BCUT2D eigenvalue weighted by atomic mass is 16.2. The second-order valence-electron chi connectivity index (χ2n) is 5.84. The summed E-state index contributed by atoms with van der Waals surface area (Å²) >= 11 is 0. The van der Waals surface area contributed by atoms with Gasteiger partial charge in [0.25, 0.3) is 0 Å². The van der Waals surface area contributed by atoms with Crippen molar-refractivity contribution in [2.45, 2.75) is 46.2 Å². The van der Waals surface area contributed by atoms with E-state index in [2.05, 4.69) is 29.8 Å². The normalized spacial score (nSPS) is 13.5. The third-order valence-corrected chi connectivity index (χ3v) is 3.55. The Morgan fingerprint density at radius 3 is 2.27 bits per heavy atom. The summed E-state index contributed by atoms with van der Waals surface area (Å²) in [5.74, 6) is 0.00604. The van der Waals surface area contributed by atoms with Crippen LogP contribution < -0.4 is 16.0 Å². The van der Waals surface area contributed by atoms with Gasteiger partial charge in [0.05, 0.1) is 6.54 Å². The van der Waals surface area contributed by atoms with Crippen LogP contribution in [-0.2, 0) is 4.79 Å². The molecule has 0 saturated heterocycles. The standard InChI is InChI=1S/C17H27N3O2/c1-5-13(4)19-17(22)20-15(21)11-18-16(12(2)3)14-9-7-6-8-10-14/h6-10,12-13,16,18H,5,11H2,1-4H3,(H2,19,20,21,22)/t13-,16-/m1/s1. The van der Waals surface area contributed by atoms with Crippen LogP contribution in [0.25, 0.3) is 0 Å². The quantitative estimate of drug-likeness (QED) is 0.725. The summed E-state index contributed by atoms with van der Waals surface area (Å²) in [6, 6.07) is 9.67. The molecule has 0 aliphatic heterocycles. The molecule has 0 fully saturated rings. The van der Waals surface area contributed by atoms with Crippen molar-refractivity contribution in [2.24, 2.45) is 5.92 Å². The number of carbonyl (C=O) groups is 2. The minimum Gasteiger partial charge on any atom is -0.335 e. The average Bonchev–Trinajstić information content (AvgIpc) is 2.47. The molecule has 1 aromatic carbocycles. The van der Waals surface area contributed by atoms with Crippen molar-refractivity contribution in [3.63, 3.8) is 0 Å². The zero-order valence-electron chi connectivity index (χ0n) is 13.8. The van der Waals surface area contributed by atoms with Crippen LogP contribution in [0.5, 0.6) is 0 Å². The molecular weight excluding hydrogens is 278 g/mol. The molecule has 5 heteroatoms. The van der Waals surface area contributed by atoms with Crippen molar-refractivity contribution in [1.29, 1.82) is 0 Å². The first-order valence-corrected chi connectivity index (χ1v) is 7.82. The molecule has 0 aliphatic carbocycles. The molecule has 3 amide bonds. The number of carbonyl (C=O) groups excluding carboxylic acids is 2. The molecule has 0 radical (unpaired) electrons. The maximum Gasteiger partial charge on any atom is 0.321 e. The molecule has 0 unspecified atom stereocenters. The van der Waals surface area contributed by atoms with E-state index in [9.17, 15) is 9.59 Å². The summed E-state index contributed by atoms with van der Waals surface area (Å²) in [5.41, 5.74) is 1.13. The molecule has 0 saturated carbocycles. The van der Waals surface area contributed by atoms with E-state index in [0.717, 1.165) is 12.0 Å². The Bertz CT molecular complexity index is 474. The van der Waals surface area contributed by atoms with Crippen molar-refractivity contribution in [3.05, 3.63) is 35.9 Å². The van der Waals surface area contributed by atoms with Gasteiger partial charge in [-0.3, -0.25) is 10.1 Å². The minimum atomic E-state index is -0.443. The van der Waals surface area contributed by atoms with Gasteiger partial charge < -0.3 is 10.6 Å². The summed E-state index contributed by atoms with van der Waals surface area (Å²) in [4.78, 5) is 23.4. The number of benzene rings is 1. The molecule has 5 nitrogen and oxygen atoms in total. The molecule has 0 spiro atoms. The number of hydrogen-bond acceptors (Lipinski definition) is 3. The van der Waals surface area contributed by atoms with Crippen molar-refractivity contribution in [1.82, 2.24) is 16.0 Å². The Hall–Kier alpha value is -1.88. The fourth-order valence-electron chi connectivity index (χ4n) is 2.13. The lowest BCUT2D eigenvalue weighted by Gasteiger charge is -2.22. The van der Waals surface area contributed by atoms with Crippen LogP contribution in [0.4, 0.5) is 4.79 Å². The lowest BCUT2D eigenvalue weighted by molar-refractivity contribution is -0.119. The molecular formula is C17H27N3O2. The van der Waals surface area contributed by atoms with Gasteiger partial charge in [0.1, 0.15) is 0 Å². The molecule has 122 valence electrons. The van der Waals surface area contributed by atoms with E-state index in [4.69, 9.17) is 0 Å². The second-order valence-corrected chi connectivity index (χ2v) is 5.84. The highest BCUT2D eigenvalue weighted by Gasteiger charge is 2.17. The lowest BCUT2D eigenvalue weighted by atomic mass is 9.96. The Balaban J connectivity index is 2.49. The molecule has 3 N–H and O–H groups in total. The topological polar surface area (TPSA) is 70.2 Å². The van der Waals surface area contributed by atoms with Gasteiger partial charge in [-0.2, -0.15) is 0 Å². The molecule has 0 aromatic heterocycles. The zero-order valence-corrected chi connectivity index (χ0v) is 13.8. The minimum absolute atomic E-state index is 0.0495. The number of urea groups is 1. The van der Waals surface area contributed by atoms with E-state index >= 15 is 0 Å². The number of nitrogens with one attached hydrogen (secondary N) is 3. The Morgan fingerprint density at radius 2 is 1.73 bits per heavy atom. The smallest absolute Gasteiger partial charge is 0.321 e. The number of amides is 3. The van der Waals surface area contributed by atoms with Crippen LogP contribution >= 0.6 is 0 Å². The highest BCUT2D eigenvalue weighted by Crippen LogP contribution is 2.20. The van der Waals surface area contributed by atoms with Crippen molar-refractivity contribution < 1.29 is 9.59 Å². The predicted octanol–water partition coefficient (Wildman–Crippen LogP) is 2.60. The SMILES string of the molecule is CC[C@@H](C)NC(=O)NC(=O)CN[C@@H](c1ccccc1)C(C)C. The monoisotopic (exact) mass is 305 g/mol. The Kier molecular flexibility index (Phi) is 7.60. The highest BCUT2D eigenvalue weighted by molar-refractivity contribution is 5.95. The maximum atomic E-state index is 11.8. The lowest BCUT2D eigenvalue weighted by Crippen LogP contribution is -2.46. The van der Waals surface area contributed by atoms with E-state index in [1.165, 1.54) is 0 Å². The summed E-state index contributed by atoms with van der Waals surface area (Å²) in [6.07, 6.45) is 0.823. The summed E-state index contributed by atoms with van der Waals surface area (Å²) in [7, 11) is 0. The Morgan fingerprint density at radius 1 is 1.09 bits per heavy atom. The van der Waals surface area contributed by atoms with Crippen LogP contribution in [0.2, 0.25) is 0 Å². The third-order valence-electron chi connectivity index (χ3n) is 3.55. The van der Waals surface area contributed by atoms with Crippen LogP contribution in [0.15, 0.2) is 30.3 Å². The Labute approximate surface area is 132 Å². The number of imide groups is 1. The number of hydrogen-bond donors (Lipinski definition) is 3. The van der Waals surface area contributed by atoms with E-state index in [-0.39, 0.29) is 24.5 Å². The van der Waals surface area contributed by atoms with Crippen LogP contribution in [0.3, 0.4) is 0 Å². The van der Waals surface area contributed by atoms with Gasteiger partial charge in [0.2, 0.25) is 5.91 Å². The first-order chi connectivity index (χ1) is 10.4. The van der Waals surface area contributed by atoms with E-state index < -0.39 is 6.03 Å². The van der Waals surface area contributed by atoms with Gasteiger partial charge in [-0.05, 0) is 24.8 Å². The van der Waals surface area contributed by atoms with Crippen LogP contribution in [0.1, 0.15) is 45.7 Å². The van der Waals surface area contributed by atoms with E-state index in [1.54, 1.807) is 0 Å². The average molecular weight is 305 g/mol. The molecule has 2 atom stereocenters. The van der Waals surface area contributed by atoms with Crippen molar-refractivity contribution in [3.8, 4) is 0 Å². The predicted molar refractivity (Wildman–Crippen MR) is 88.5 cm³/mol. The van der Waals surface area contributed by atoms with Crippen LogP contribution in [0, 0.1) is 5.92 Å². The summed E-state index contributed by atoms with van der Waals surface area (Å²) in [5, 5.41) is 8.26. The van der Waals surface area contributed by atoms with Crippen LogP contribution in [-0.4, -0.2) is 24.5 Å². The molecule has 22 heavy (non-hydrogen) atoms. The molecule has 1 aromatic rings. The summed E-state index contributed by atoms with van der Waals surface area (Å²) in [6.45, 7) is 8.16. The summed E-state index contributed by atoms with van der Waals surface area (Å²) < 4.78 is 0. The first-order valence-electron chi connectivity index (χ1n) is 7.82. The second kappa shape index (κ2) is 9.20. The third kappa shape index (κ3) is 6.26. The van der Waals surface area contributed by atoms with Gasteiger partial charge >= 0.3 is 6.03 Å². The van der Waals surface area contributed by atoms with Gasteiger partial charge in [0.15, 0.2) is 0 Å². The largest absolute Gasteiger partial charge is 0.335 e. The van der Waals surface area contributed by atoms with E-state index in [0.29, 0.717) is 5.92 Å². The maximum absolute atomic E-state index is 11.8. The van der Waals surface area contributed by atoms with Gasteiger partial charge in [-0.25, -0.2) is 4.79 Å². The molecule has 0 bridgehead atoms. The molecule has 1 rings (SSSR count). The zero-order chi connectivity index (χ0) is 16.5. The fraction of sp³-hybridized carbons (Fsp3) is 0.529. The van der Waals surface area contributed by atoms with Gasteiger partial charge in [-0.1, -0.05) is 51.1 Å². The molecule has 0 aliphatic rings. The van der Waals surface area contributed by atoms with Gasteiger partial charge in [-0.15, -0.1) is 0 Å². The van der Waals surface area contributed by atoms with Crippen molar-refractivity contribution in [2.75, 3.05) is 6.54 Å².